The zero-order valence-electron chi connectivity index (χ0n) is 11.1. The number of carbonyl (C=O) groups excluding carboxylic acids is 2. The maximum Gasteiger partial charge on any atom is 0.455 e. The molecule has 1 aromatic carbocycles. The van der Waals surface area contributed by atoms with Gasteiger partial charge >= 0.3 is 12.3 Å². The van der Waals surface area contributed by atoms with Crippen LogP contribution in [0, 0.1) is 0 Å². The largest absolute Gasteiger partial charge is 0.455 e. The van der Waals surface area contributed by atoms with Crippen LogP contribution in [0.2, 0.25) is 5.02 Å². The summed E-state index contributed by atoms with van der Waals surface area (Å²) < 4.78 is 42.7. The van der Waals surface area contributed by atoms with Crippen molar-refractivity contribution in [3.63, 3.8) is 0 Å². The van der Waals surface area contributed by atoms with Gasteiger partial charge in [-0.2, -0.15) is 13.2 Å². The highest BCUT2D eigenvalue weighted by molar-refractivity contribution is 6.32. The van der Waals surface area contributed by atoms with Crippen LogP contribution in [-0.2, 0) is 6.42 Å². The second-order valence-corrected chi connectivity index (χ2v) is 4.66. The van der Waals surface area contributed by atoms with Crippen molar-refractivity contribution in [3.05, 3.63) is 28.3 Å². The van der Waals surface area contributed by atoms with E-state index in [1.165, 1.54) is 6.07 Å². The van der Waals surface area contributed by atoms with Crippen molar-refractivity contribution in [1.82, 2.24) is 0 Å². The van der Waals surface area contributed by atoms with Crippen LogP contribution in [0.3, 0.4) is 0 Å². The van der Waals surface area contributed by atoms with E-state index in [0.717, 1.165) is 6.07 Å². The highest BCUT2D eigenvalue weighted by Gasteiger charge is 2.42. The first-order valence-corrected chi connectivity index (χ1v) is 6.46. The minimum Gasteiger partial charge on any atom is -0.410 e. The molecule has 2 N–H and O–H groups in total. The first-order valence-electron chi connectivity index (χ1n) is 6.08. The number of carbonyl (C=O) groups is 2. The van der Waals surface area contributed by atoms with Gasteiger partial charge < -0.3 is 10.5 Å². The SMILES string of the molecule is CCCCc1c(Cl)ccc(OC(N)=O)c1C(=O)C(F)(F)F. The number of primary amides is 1. The second kappa shape index (κ2) is 6.80. The van der Waals surface area contributed by atoms with Gasteiger partial charge in [-0.3, -0.25) is 4.79 Å². The average Bonchev–Trinajstić information content (AvgIpc) is 2.36. The topological polar surface area (TPSA) is 69.4 Å². The van der Waals surface area contributed by atoms with E-state index in [-0.39, 0.29) is 17.0 Å². The summed E-state index contributed by atoms with van der Waals surface area (Å²) in [5, 5.41) is 0.00729. The molecule has 0 radical (unpaired) electrons. The number of unbranched alkanes of at least 4 members (excludes halogenated alkanes) is 1. The van der Waals surface area contributed by atoms with Crippen LogP contribution >= 0.6 is 11.6 Å². The van der Waals surface area contributed by atoms with E-state index in [2.05, 4.69) is 4.74 Å². The third kappa shape index (κ3) is 4.35. The molecule has 0 aliphatic carbocycles. The third-order valence-electron chi connectivity index (χ3n) is 2.69. The van der Waals surface area contributed by atoms with Gasteiger partial charge in [0.1, 0.15) is 5.75 Å². The summed E-state index contributed by atoms with van der Waals surface area (Å²) in [6, 6.07) is 2.28. The summed E-state index contributed by atoms with van der Waals surface area (Å²) in [6.45, 7) is 1.84. The molecule has 0 spiro atoms. The summed E-state index contributed by atoms with van der Waals surface area (Å²) in [5.41, 5.74) is 4.04. The predicted octanol–water partition coefficient (Wildman–Crippen LogP) is 3.89. The Hall–Kier alpha value is -1.76. The van der Waals surface area contributed by atoms with Crippen LogP contribution in [-0.4, -0.2) is 18.1 Å². The number of benzene rings is 1. The zero-order valence-corrected chi connectivity index (χ0v) is 11.8. The Kier molecular flexibility index (Phi) is 5.60. The Morgan fingerprint density at radius 1 is 1.33 bits per heavy atom. The quantitative estimate of drug-likeness (QED) is 0.836. The number of rotatable bonds is 5. The minimum atomic E-state index is -5.11. The van der Waals surface area contributed by atoms with Gasteiger partial charge in [-0.05, 0) is 30.5 Å². The van der Waals surface area contributed by atoms with Crippen LogP contribution in [0.15, 0.2) is 12.1 Å². The molecule has 1 aromatic rings. The number of alkyl halides is 3. The van der Waals surface area contributed by atoms with Crippen LogP contribution in [0.1, 0.15) is 35.7 Å². The number of halogens is 4. The van der Waals surface area contributed by atoms with E-state index in [9.17, 15) is 22.8 Å². The number of amides is 1. The average molecular weight is 324 g/mol. The molecule has 0 fully saturated rings. The Balaban J connectivity index is 3.46. The van der Waals surface area contributed by atoms with E-state index in [1.54, 1.807) is 0 Å². The van der Waals surface area contributed by atoms with Crippen molar-refractivity contribution >= 4 is 23.5 Å². The van der Waals surface area contributed by atoms with Gasteiger partial charge in [0.25, 0.3) is 5.78 Å². The Labute approximate surface area is 124 Å². The number of ether oxygens (including phenoxy) is 1. The predicted molar refractivity (Wildman–Crippen MR) is 70.7 cm³/mol. The molecule has 0 saturated heterocycles. The maximum atomic E-state index is 12.7. The first-order chi connectivity index (χ1) is 9.68. The summed E-state index contributed by atoms with van der Waals surface area (Å²) in [5.74, 6) is -2.66. The molecule has 4 nitrogen and oxygen atoms in total. The maximum absolute atomic E-state index is 12.7. The van der Waals surface area contributed by atoms with E-state index in [0.29, 0.717) is 12.8 Å². The normalized spacial score (nSPS) is 11.3. The Morgan fingerprint density at radius 3 is 2.43 bits per heavy atom. The minimum absolute atomic E-state index is 0.000378. The summed E-state index contributed by atoms with van der Waals surface area (Å²) in [6.07, 6.45) is -5.05. The van der Waals surface area contributed by atoms with Crippen LogP contribution in [0.4, 0.5) is 18.0 Å². The van der Waals surface area contributed by atoms with Crippen molar-refractivity contribution < 1.29 is 27.5 Å². The number of ketones is 1. The number of hydrogen-bond donors (Lipinski definition) is 1. The summed E-state index contributed by atoms with van der Waals surface area (Å²) in [7, 11) is 0. The van der Waals surface area contributed by atoms with Crippen molar-refractivity contribution in [2.24, 2.45) is 5.73 Å². The molecule has 0 atom stereocenters. The Bertz CT molecular complexity index is 558. The number of hydrogen-bond acceptors (Lipinski definition) is 3. The molecule has 21 heavy (non-hydrogen) atoms. The smallest absolute Gasteiger partial charge is 0.410 e. The van der Waals surface area contributed by atoms with Gasteiger partial charge in [-0.25, -0.2) is 4.79 Å². The van der Waals surface area contributed by atoms with Gasteiger partial charge in [0.2, 0.25) is 0 Å². The van der Waals surface area contributed by atoms with Crippen LogP contribution in [0.25, 0.3) is 0 Å². The number of Topliss-reactive ketones (excluding diaryl/α,β-unsaturated/α-hetero) is 1. The highest BCUT2D eigenvalue weighted by Crippen LogP contribution is 2.35. The van der Waals surface area contributed by atoms with E-state index >= 15 is 0 Å². The first kappa shape index (κ1) is 17.3. The Morgan fingerprint density at radius 2 is 1.95 bits per heavy atom. The van der Waals surface area contributed by atoms with E-state index in [4.69, 9.17) is 17.3 Å². The zero-order chi connectivity index (χ0) is 16.2. The van der Waals surface area contributed by atoms with Crippen molar-refractivity contribution in [2.45, 2.75) is 32.4 Å². The van der Waals surface area contributed by atoms with Crippen LogP contribution in [0.5, 0.6) is 5.75 Å². The molecule has 0 bridgehead atoms. The lowest BCUT2D eigenvalue weighted by atomic mass is 9.97. The molecule has 8 heteroatoms. The highest BCUT2D eigenvalue weighted by atomic mass is 35.5. The van der Waals surface area contributed by atoms with Crippen molar-refractivity contribution in [3.8, 4) is 5.75 Å². The van der Waals surface area contributed by atoms with Gasteiger partial charge in [-0.1, -0.05) is 24.9 Å². The molecule has 0 heterocycles. The van der Waals surface area contributed by atoms with Gasteiger partial charge in [0, 0.05) is 5.02 Å². The molecule has 0 saturated carbocycles. The molecular formula is C13H13ClF3NO3. The number of nitrogens with two attached hydrogens (primary N) is 1. The van der Waals surface area contributed by atoms with Gasteiger partial charge in [0.05, 0.1) is 5.56 Å². The monoisotopic (exact) mass is 323 g/mol. The summed E-state index contributed by atoms with van der Waals surface area (Å²) in [4.78, 5) is 22.4. The van der Waals surface area contributed by atoms with Crippen LogP contribution < -0.4 is 10.5 Å². The van der Waals surface area contributed by atoms with E-state index < -0.39 is 29.4 Å². The van der Waals surface area contributed by atoms with Gasteiger partial charge in [0.15, 0.2) is 0 Å². The van der Waals surface area contributed by atoms with Crippen molar-refractivity contribution in [2.75, 3.05) is 0 Å². The molecule has 1 amide bonds. The van der Waals surface area contributed by atoms with Crippen molar-refractivity contribution in [1.29, 1.82) is 0 Å². The lowest BCUT2D eigenvalue weighted by Gasteiger charge is -2.16. The molecule has 1 rings (SSSR count). The molecule has 0 aromatic heterocycles. The molecule has 0 aliphatic rings. The fraction of sp³-hybridized carbons (Fsp3) is 0.385. The molecule has 0 aliphatic heterocycles. The molecule has 116 valence electrons. The lowest BCUT2D eigenvalue weighted by molar-refractivity contribution is -0.0887. The van der Waals surface area contributed by atoms with E-state index in [1.807, 2.05) is 6.92 Å². The molecular weight excluding hydrogens is 311 g/mol. The molecule has 0 unspecified atom stereocenters. The fourth-order valence-corrected chi connectivity index (χ4v) is 2.03. The third-order valence-corrected chi connectivity index (χ3v) is 3.05. The standard InChI is InChI=1S/C13H13ClF3NO3/c1-2-3-4-7-8(14)5-6-9(21-12(18)20)10(7)11(19)13(15,16)17/h5-6H,2-4H2,1H3,(H2,18,20). The summed E-state index contributed by atoms with van der Waals surface area (Å²) >= 11 is 5.88. The van der Waals surface area contributed by atoms with Gasteiger partial charge in [-0.15, -0.1) is 0 Å². The second-order valence-electron chi connectivity index (χ2n) is 4.25. The lowest BCUT2D eigenvalue weighted by Crippen LogP contribution is -2.26. The fourth-order valence-electron chi connectivity index (χ4n) is 1.78.